The van der Waals surface area contributed by atoms with E-state index in [0.29, 0.717) is 18.0 Å². The highest BCUT2D eigenvalue weighted by atomic mass is 16.3. The van der Waals surface area contributed by atoms with Crippen LogP contribution in [0.1, 0.15) is 91.4 Å². The van der Waals surface area contributed by atoms with E-state index in [2.05, 4.69) is 42.9 Å². The molecule has 12 unspecified atom stereocenters. The fourth-order valence-corrected chi connectivity index (χ4v) is 10.7. The van der Waals surface area contributed by atoms with Crippen molar-refractivity contribution in [2.24, 2.45) is 41.4 Å². The van der Waals surface area contributed by atoms with Gasteiger partial charge in [-0.05, 0) is 126 Å². The molecule has 0 amide bonds. The molecule has 4 heteroatoms. The Morgan fingerprint density at radius 3 is 2.56 bits per heavy atom. The summed E-state index contributed by atoms with van der Waals surface area (Å²) in [5.41, 5.74) is -0.484. The third-order valence-electron chi connectivity index (χ3n) is 12.2. The van der Waals surface area contributed by atoms with Gasteiger partial charge in [-0.1, -0.05) is 20.8 Å². The monoisotopic (exact) mass is 471 g/mol. The van der Waals surface area contributed by atoms with E-state index >= 15 is 0 Å². The fourth-order valence-electron chi connectivity index (χ4n) is 10.7. The van der Waals surface area contributed by atoms with Gasteiger partial charge in [-0.15, -0.1) is 0 Å². The molecule has 6 fully saturated rings. The Bertz CT molecular complexity index is 730. The van der Waals surface area contributed by atoms with Crippen LogP contribution in [0.3, 0.4) is 0 Å². The molecule has 0 radical (unpaired) electrons. The van der Waals surface area contributed by atoms with Crippen LogP contribution in [0, 0.1) is 41.4 Å². The molecule has 0 aromatic rings. The van der Waals surface area contributed by atoms with Gasteiger partial charge in [0.1, 0.15) is 0 Å². The van der Waals surface area contributed by atoms with Crippen LogP contribution < -0.4 is 5.32 Å². The number of hydrogen-bond acceptors (Lipinski definition) is 4. The van der Waals surface area contributed by atoms with Crippen molar-refractivity contribution in [3.05, 3.63) is 0 Å². The Morgan fingerprint density at radius 1 is 0.941 bits per heavy atom. The zero-order valence-corrected chi connectivity index (χ0v) is 22.6. The van der Waals surface area contributed by atoms with Gasteiger partial charge in [0.15, 0.2) is 0 Å². The molecule has 0 aromatic carbocycles. The summed E-state index contributed by atoms with van der Waals surface area (Å²) in [6.07, 6.45) is 14.5. The van der Waals surface area contributed by atoms with Gasteiger partial charge in [-0.3, -0.25) is 0 Å². The Labute approximate surface area is 209 Å². The number of aliphatic hydroxyl groups is 1. The fraction of sp³-hybridized carbons (Fsp3) is 1.00. The summed E-state index contributed by atoms with van der Waals surface area (Å²) in [5.74, 6) is 5.58. The second-order valence-corrected chi connectivity index (χ2v) is 14.2. The summed E-state index contributed by atoms with van der Waals surface area (Å²) in [5, 5.41) is 16.4. The van der Waals surface area contributed by atoms with Crippen molar-refractivity contribution in [3.8, 4) is 0 Å². The van der Waals surface area contributed by atoms with Crippen molar-refractivity contribution in [2.45, 2.75) is 121 Å². The van der Waals surface area contributed by atoms with Crippen molar-refractivity contribution in [2.75, 3.05) is 26.7 Å². The van der Waals surface area contributed by atoms with E-state index < -0.39 is 5.60 Å². The standard InChI is InChI=1S/C30H53N3O/c1-5-33-10-6-7-25-21(11-20(3)14-28(25)33)15-24-8-9-30(34)23-17-26-22(16-29(30)31-24)12-19(2)13-27(26)32(4)18-23/h19-29,31,34H,5-18H2,1-4H3. The largest absolute Gasteiger partial charge is 0.388 e. The SMILES string of the molecule is CCN1CCCC2C(CC3CCC4(O)C5CC6C(CC(C)CC6N(C)C5)CC4N3)CC(C)CC21. The molecule has 2 N–H and O–H groups in total. The summed E-state index contributed by atoms with van der Waals surface area (Å²) in [6.45, 7) is 11.0. The van der Waals surface area contributed by atoms with Gasteiger partial charge in [0.05, 0.1) is 5.60 Å². The maximum atomic E-state index is 12.2. The number of fused-ring (bicyclic) bond motifs is 4. The quantitative estimate of drug-likeness (QED) is 0.622. The molecule has 3 aliphatic carbocycles. The van der Waals surface area contributed by atoms with Crippen LogP contribution >= 0.6 is 0 Å². The van der Waals surface area contributed by atoms with Crippen molar-refractivity contribution >= 4 is 0 Å². The summed E-state index contributed by atoms with van der Waals surface area (Å²) >= 11 is 0. The minimum absolute atomic E-state index is 0.319. The molecular formula is C30H53N3O. The maximum absolute atomic E-state index is 12.2. The van der Waals surface area contributed by atoms with Crippen LogP contribution in [-0.4, -0.2) is 71.4 Å². The van der Waals surface area contributed by atoms with Crippen LogP contribution in [0.5, 0.6) is 0 Å². The summed E-state index contributed by atoms with van der Waals surface area (Å²) in [7, 11) is 2.35. The normalized spacial score (nSPS) is 54.1. The van der Waals surface area contributed by atoms with Gasteiger partial charge in [0, 0.05) is 36.6 Å². The van der Waals surface area contributed by atoms with Gasteiger partial charge >= 0.3 is 0 Å². The van der Waals surface area contributed by atoms with E-state index in [1.54, 1.807) is 0 Å². The van der Waals surface area contributed by atoms with Crippen LogP contribution in [0.2, 0.25) is 0 Å². The van der Waals surface area contributed by atoms with Crippen molar-refractivity contribution < 1.29 is 5.11 Å². The smallest absolute Gasteiger partial charge is 0.0841 e. The molecule has 3 aliphatic heterocycles. The van der Waals surface area contributed by atoms with Crippen LogP contribution in [-0.2, 0) is 0 Å². The first-order valence-corrected chi connectivity index (χ1v) is 15.3. The van der Waals surface area contributed by atoms with Crippen molar-refractivity contribution in [1.29, 1.82) is 0 Å². The Hall–Kier alpha value is -0.160. The third kappa shape index (κ3) is 4.11. The Morgan fingerprint density at radius 2 is 1.74 bits per heavy atom. The van der Waals surface area contributed by atoms with Gasteiger partial charge in [-0.25, -0.2) is 0 Å². The highest BCUT2D eigenvalue weighted by Crippen LogP contribution is 2.53. The van der Waals surface area contributed by atoms with Crippen LogP contribution in [0.25, 0.3) is 0 Å². The molecule has 34 heavy (non-hydrogen) atoms. The maximum Gasteiger partial charge on any atom is 0.0841 e. The van der Waals surface area contributed by atoms with Crippen molar-refractivity contribution in [1.82, 2.24) is 15.1 Å². The molecule has 6 rings (SSSR count). The average molecular weight is 472 g/mol. The third-order valence-corrected chi connectivity index (χ3v) is 12.2. The lowest BCUT2D eigenvalue weighted by Gasteiger charge is -2.53. The minimum Gasteiger partial charge on any atom is -0.388 e. The molecule has 4 nitrogen and oxygen atoms in total. The van der Waals surface area contributed by atoms with E-state index in [-0.39, 0.29) is 0 Å². The predicted octanol–water partition coefficient (Wildman–Crippen LogP) is 4.76. The summed E-state index contributed by atoms with van der Waals surface area (Å²) < 4.78 is 0. The number of nitrogens with zero attached hydrogens (tertiary/aromatic N) is 2. The van der Waals surface area contributed by atoms with Crippen LogP contribution in [0.4, 0.5) is 0 Å². The predicted molar refractivity (Wildman–Crippen MR) is 140 cm³/mol. The number of nitrogens with one attached hydrogen (secondary N) is 1. The van der Waals surface area contributed by atoms with E-state index in [0.717, 1.165) is 60.6 Å². The zero-order chi connectivity index (χ0) is 23.6. The summed E-state index contributed by atoms with van der Waals surface area (Å²) in [6, 6.07) is 2.53. The summed E-state index contributed by atoms with van der Waals surface area (Å²) in [4.78, 5) is 5.46. The first-order chi connectivity index (χ1) is 16.4. The first kappa shape index (κ1) is 24.2. The Kier molecular flexibility index (Phi) is 6.62. The molecule has 3 saturated heterocycles. The van der Waals surface area contributed by atoms with E-state index in [1.165, 1.54) is 77.3 Å². The zero-order valence-electron chi connectivity index (χ0n) is 22.6. The van der Waals surface area contributed by atoms with Gasteiger partial charge < -0.3 is 20.2 Å². The van der Waals surface area contributed by atoms with Gasteiger partial charge in [0.25, 0.3) is 0 Å². The molecule has 0 spiro atoms. The molecule has 194 valence electrons. The molecule has 2 bridgehead atoms. The lowest BCUT2D eigenvalue weighted by molar-refractivity contribution is -0.105. The minimum atomic E-state index is -0.484. The second-order valence-electron chi connectivity index (χ2n) is 14.2. The Balaban J connectivity index is 1.19. The highest BCUT2D eigenvalue weighted by molar-refractivity contribution is 5.11. The lowest BCUT2D eigenvalue weighted by atomic mass is 9.64. The highest BCUT2D eigenvalue weighted by Gasteiger charge is 2.57. The number of piperidine rings is 3. The van der Waals surface area contributed by atoms with Crippen LogP contribution in [0.15, 0.2) is 0 Å². The molecular weight excluding hydrogens is 418 g/mol. The number of hydrogen-bond donors (Lipinski definition) is 2. The van der Waals surface area contributed by atoms with E-state index in [4.69, 9.17) is 0 Å². The topological polar surface area (TPSA) is 38.7 Å². The average Bonchev–Trinajstić information content (AvgIpc) is 2.91. The van der Waals surface area contributed by atoms with Gasteiger partial charge in [0.2, 0.25) is 0 Å². The first-order valence-electron chi connectivity index (χ1n) is 15.3. The van der Waals surface area contributed by atoms with E-state index in [1.807, 2.05) is 0 Å². The molecule has 0 aromatic heterocycles. The molecule has 3 saturated carbocycles. The molecule has 6 aliphatic rings. The van der Waals surface area contributed by atoms with Gasteiger partial charge in [-0.2, -0.15) is 0 Å². The van der Waals surface area contributed by atoms with Crippen molar-refractivity contribution in [3.63, 3.8) is 0 Å². The second kappa shape index (κ2) is 9.30. The molecule has 12 atom stereocenters. The number of likely N-dealkylation sites (tertiary alicyclic amines) is 2. The molecule has 3 heterocycles. The number of rotatable bonds is 3. The van der Waals surface area contributed by atoms with E-state index in [9.17, 15) is 5.11 Å². The lowest BCUT2D eigenvalue weighted by Crippen LogP contribution is -2.64.